The van der Waals surface area contributed by atoms with Crippen molar-refractivity contribution in [3.63, 3.8) is 0 Å². The number of nitrogens with one attached hydrogen (secondary N) is 1. The van der Waals surface area contributed by atoms with Gasteiger partial charge in [0, 0.05) is 30.9 Å². The van der Waals surface area contributed by atoms with Gasteiger partial charge in [0.1, 0.15) is 5.69 Å². The second-order valence-electron chi connectivity index (χ2n) is 5.37. The molecule has 1 aromatic rings. The molecule has 1 unspecified atom stereocenters. The summed E-state index contributed by atoms with van der Waals surface area (Å²) in [5.74, 6) is -0.0109. The molecular weight excluding hydrogens is 312 g/mol. The number of aromatic amines is 1. The Morgan fingerprint density at radius 2 is 2.42 bits per heavy atom. The van der Waals surface area contributed by atoms with E-state index in [1.165, 1.54) is 0 Å². The lowest BCUT2D eigenvalue weighted by atomic mass is 10.0. The Labute approximate surface area is 121 Å². The van der Waals surface area contributed by atoms with Crippen molar-refractivity contribution in [2.24, 2.45) is 0 Å². The summed E-state index contributed by atoms with van der Waals surface area (Å²) in [6.45, 7) is 5.58. The number of morpholine rings is 1. The minimum Gasteiger partial charge on any atom is -0.382 e. The van der Waals surface area contributed by atoms with Gasteiger partial charge in [-0.05, 0) is 35.8 Å². The van der Waals surface area contributed by atoms with Gasteiger partial charge in [0.25, 0.3) is 5.91 Å². The fraction of sp³-hybridized carbons (Fsp3) is 0.615. The highest BCUT2D eigenvalue weighted by Gasteiger charge is 2.36. The van der Waals surface area contributed by atoms with Gasteiger partial charge in [0.05, 0.1) is 18.3 Å². The van der Waals surface area contributed by atoms with E-state index < -0.39 is 0 Å². The molecule has 1 N–H and O–H groups in total. The van der Waals surface area contributed by atoms with Gasteiger partial charge in [0.15, 0.2) is 0 Å². The summed E-state index contributed by atoms with van der Waals surface area (Å²) in [4.78, 5) is 17.2. The highest BCUT2D eigenvalue weighted by molar-refractivity contribution is 9.10. The Bertz CT molecular complexity index is 458. The number of rotatable bonds is 3. The maximum absolute atomic E-state index is 12.4. The number of ether oxygens (including phenoxy) is 2. The second-order valence-corrected chi connectivity index (χ2v) is 6.29. The van der Waals surface area contributed by atoms with E-state index in [1.54, 1.807) is 19.4 Å². The zero-order valence-electron chi connectivity index (χ0n) is 11.4. The van der Waals surface area contributed by atoms with E-state index in [1.807, 2.05) is 18.7 Å². The Hall–Kier alpha value is -0.850. The number of carbonyl (C=O) groups is 1. The molecule has 0 radical (unpaired) electrons. The van der Waals surface area contributed by atoms with Crippen molar-refractivity contribution in [1.82, 2.24) is 9.88 Å². The molecule has 1 fully saturated rings. The van der Waals surface area contributed by atoms with E-state index in [0.29, 0.717) is 25.4 Å². The zero-order chi connectivity index (χ0) is 14.0. The molecule has 2 rings (SSSR count). The molecule has 1 amide bonds. The first-order chi connectivity index (χ1) is 8.91. The van der Waals surface area contributed by atoms with Crippen LogP contribution in [0.25, 0.3) is 0 Å². The average Bonchev–Trinajstić information content (AvgIpc) is 2.73. The van der Waals surface area contributed by atoms with Crippen LogP contribution in [0.3, 0.4) is 0 Å². The number of methoxy groups -OCH3 is 1. The summed E-state index contributed by atoms with van der Waals surface area (Å²) in [7, 11) is 1.64. The van der Waals surface area contributed by atoms with Crippen LogP contribution in [-0.4, -0.2) is 54.3 Å². The Kier molecular flexibility index (Phi) is 4.32. The average molecular weight is 331 g/mol. The van der Waals surface area contributed by atoms with Gasteiger partial charge in [-0.15, -0.1) is 0 Å². The van der Waals surface area contributed by atoms with E-state index in [-0.39, 0.29) is 17.6 Å². The molecule has 0 bridgehead atoms. The van der Waals surface area contributed by atoms with Crippen LogP contribution in [0, 0.1) is 0 Å². The maximum atomic E-state index is 12.4. The quantitative estimate of drug-likeness (QED) is 0.922. The molecule has 106 valence electrons. The van der Waals surface area contributed by atoms with Crippen LogP contribution in [0.15, 0.2) is 16.7 Å². The minimum atomic E-state index is -0.360. The molecule has 0 spiro atoms. The number of hydrogen-bond donors (Lipinski definition) is 1. The predicted octanol–water partition coefficient (Wildman–Crippen LogP) is 2.04. The van der Waals surface area contributed by atoms with Gasteiger partial charge in [0.2, 0.25) is 0 Å². The lowest BCUT2D eigenvalue weighted by molar-refractivity contribution is -0.143. The largest absolute Gasteiger partial charge is 0.382 e. The molecule has 1 aliphatic heterocycles. The summed E-state index contributed by atoms with van der Waals surface area (Å²) in [5.41, 5.74) is 0.224. The number of hydrogen-bond acceptors (Lipinski definition) is 3. The third-order valence-corrected chi connectivity index (χ3v) is 3.46. The van der Waals surface area contributed by atoms with E-state index in [9.17, 15) is 4.79 Å². The SMILES string of the molecule is COCC1CN(C(=O)c2cc(Br)c[nH]2)CC(C)(C)O1. The summed E-state index contributed by atoms with van der Waals surface area (Å²) < 4.78 is 11.9. The lowest BCUT2D eigenvalue weighted by Gasteiger charge is -2.42. The predicted molar refractivity (Wildman–Crippen MR) is 75.2 cm³/mol. The summed E-state index contributed by atoms with van der Waals surface area (Å²) in [6.07, 6.45) is 1.67. The maximum Gasteiger partial charge on any atom is 0.270 e. The highest BCUT2D eigenvalue weighted by Crippen LogP contribution is 2.23. The third-order valence-electron chi connectivity index (χ3n) is 3.00. The van der Waals surface area contributed by atoms with E-state index in [4.69, 9.17) is 9.47 Å². The van der Waals surface area contributed by atoms with Crippen LogP contribution < -0.4 is 0 Å². The second kappa shape index (κ2) is 5.64. The fourth-order valence-electron chi connectivity index (χ4n) is 2.38. The van der Waals surface area contributed by atoms with Crippen molar-refractivity contribution >= 4 is 21.8 Å². The van der Waals surface area contributed by atoms with Crippen molar-refractivity contribution in [2.75, 3.05) is 26.8 Å². The highest BCUT2D eigenvalue weighted by atomic mass is 79.9. The minimum absolute atomic E-state index is 0.0109. The standard InChI is InChI=1S/C13H19BrN2O3/c1-13(2)8-16(6-10(19-13)7-18-3)12(17)11-4-9(14)5-15-11/h4-5,10,15H,6-8H2,1-3H3. The molecule has 19 heavy (non-hydrogen) atoms. The smallest absolute Gasteiger partial charge is 0.270 e. The molecule has 0 saturated carbocycles. The monoisotopic (exact) mass is 330 g/mol. The summed E-state index contributed by atoms with van der Waals surface area (Å²) in [5, 5.41) is 0. The molecule has 5 nitrogen and oxygen atoms in total. The Morgan fingerprint density at radius 1 is 1.68 bits per heavy atom. The van der Waals surface area contributed by atoms with Gasteiger partial charge >= 0.3 is 0 Å². The molecule has 1 atom stereocenters. The third kappa shape index (κ3) is 3.58. The first kappa shape index (κ1) is 14.6. The molecule has 2 heterocycles. The molecule has 6 heteroatoms. The van der Waals surface area contributed by atoms with Crippen LogP contribution in [-0.2, 0) is 9.47 Å². The molecule has 0 aromatic carbocycles. The van der Waals surface area contributed by atoms with Gasteiger partial charge in [-0.2, -0.15) is 0 Å². The number of H-pyrrole nitrogens is 1. The number of halogens is 1. The van der Waals surface area contributed by atoms with E-state index >= 15 is 0 Å². The first-order valence-electron chi connectivity index (χ1n) is 6.21. The van der Waals surface area contributed by atoms with E-state index in [0.717, 1.165) is 4.47 Å². The summed E-state index contributed by atoms with van der Waals surface area (Å²) >= 11 is 3.34. The Balaban J connectivity index is 2.12. The Morgan fingerprint density at radius 3 is 3.00 bits per heavy atom. The van der Waals surface area contributed by atoms with Crippen LogP contribution in [0.5, 0.6) is 0 Å². The van der Waals surface area contributed by atoms with Crippen LogP contribution in [0.4, 0.5) is 0 Å². The normalized spacial score (nSPS) is 22.5. The molecule has 1 aliphatic rings. The van der Waals surface area contributed by atoms with Crippen molar-refractivity contribution in [3.05, 3.63) is 22.4 Å². The van der Waals surface area contributed by atoms with Crippen molar-refractivity contribution in [3.8, 4) is 0 Å². The molecule has 1 aromatic heterocycles. The zero-order valence-corrected chi connectivity index (χ0v) is 13.0. The summed E-state index contributed by atoms with van der Waals surface area (Å²) in [6, 6.07) is 1.79. The number of nitrogens with zero attached hydrogens (tertiary/aromatic N) is 1. The van der Waals surface area contributed by atoms with Crippen molar-refractivity contribution in [1.29, 1.82) is 0 Å². The number of carbonyl (C=O) groups excluding carboxylic acids is 1. The fourth-order valence-corrected chi connectivity index (χ4v) is 2.73. The van der Waals surface area contributed by atoms with Gasteiger partial charge < -0.3 is 19.4 Å². The molecular formula is C13H19BrN2O3. The molecule has 1 saturated heterocycles. The van der Waals surface area contributed by atoms with Crippen LogP contribution in [0.1, 0.15) is 24.3 Å². The topological polar surface area (TPSA) is 54.6 Å². The van der Waals surface area contributed by atoms with Crippen LogP contribution >= 0.6 is 15.9 Å². The number of amides is 1. The van der Waals surface area contributed by atoms with Crippen molar-refractivity contribution in [2.45, 2.75) is 25.6 Å². The first-order valence-corrected chi connectivity index (χ1v) is 7.00. The van der Waals surface area contributed by atoms with E-state index in [2.05, 4.69) is 20.9 Å². The van der Waals surface area contributed by atoms with Crippen LogP contribution in [0.2, 0.25) is 0 Å². The molecule has 0 aliphatic carbocycles. The lowest BCUT2D eigenvalue weighted by Crippen LogP contribution is -2.55. The number of aromatic nitrogens is 1. The van der Waals surface area contributed by atoms with Crippen molar-refractivity contribution < 1.29 is 14.3 Å². The van der Waals surface area contributed by atoms with Gasteiger partial charge in [-0.3, -0.25) is 4.79 Å². The van der Waals surface area contributed by atoms with Gasteiger partial charge in [-0.25, -0.2) is 0 Å². The van der Waals surface area contributed by atoms with Gasteiger partial charge in [-0.1, -0.05) is 0 Å².